The fourth-order valence-corrected chi connectivity index (χ4v) is 1.36. The molecule has 1 amide bonds. The highest BCUT2D eigenvalue weighted by molar-refractivity contribution is 5.94. The summed E-state index contributed by atoms with van der Waals surface area (Å²) in [6.45, 7) is 0.835. The maximum absolute atomic E-state index is 11.6. The lowest BCUT2D eigenvalue weighted by Crippen LogP contribution is -2.27. The van der Waals surface area contributed by atoms with Crippen LogP contribution in [0.5, 0.6) is 11.5 Å². The van der Waals surface area contributed by atoms with Gasteiger partial charge in [-0.05, 0) is 18.2 Å². The largest absolute Gasteiger partial charge is 0.454 e. The van der Waals surface area contributed by atoms with Gasteiger partial charge in [0.2, 0.25) is 6.79 Å². The average Bonchev–Trinajstić information content (AvgIpc) is 2.76. The van der Waals surface area contributed by atoms with E-state index in [9.17, 15) is 4.79 Å². The van der Waals surface area contributed by atoms with Gasteiger partial charge < -0.3 is 19.6 Å². The zero-order chi connectivity index (χ0) is 11.4. The van der Waals surface area contributed by atoms with Crippen LogP contribution in [0.15, 0.2) is 18.2 Å². The predicted octanol–water partition coefficient (Wildman–Crippen LogP) is 0.0354. The van der Waals surface area contributed by atoms with Crippen molar-refractivity contribution in [1.29, 1.82) is 0 Å². The summed E-state index contributed by atoms with van der Waals surface area (Å²) in [5, 5.41) is 2.65. The van der Waals surface area contributed by atoms with E-state index in [2.05, 4.69) is 10.2 Å². The molecule has 6 heteroatoms. The topological polar surface area (TPSA) is 82.8 Å². The number of nitrogens with one attached hydrogen (secondary N) is 1. The molecule has 0 aromatic heterocycles. The quantitative estimate of drug-likeness (QED) is 0.557. The number of rotatable bonds is 4. The lowest BCUT2D eigenvalue weighted by Gasteiger charge is -2.04. The number of amides is 1. The van der Waals surface area contributed by atoms with E-state index < -0.39 is 0 Å². The molecule has 0 bridgehead atoms. The number of nitrogens with two attached hydrogens (primary N) is 1. The number of carbonyl (C=O) groups is 1. The minimum absolute atomic E-state index is 0.196. The molecule has 1 aliphatic rings. The van der Waals surface area contributed by atoms with E-state index in [0.29, 0.717) is 23.6 Å². The van der Waals surface area contributed by atoms with Crippen LogP contribution in [0.25, 0.3) is 0 Å². The number of fused-ring (bicyclic) bond motifs is 1. The second-order valence-electron chi connectivity index (χ2n) is 3.19. The molecule has 16 heavy (non-hydrogen) atoms. The first-order chi connectivity index (χ1) is 7.81. The minimum atomic E-state index is -0.199. The summed E-state index contributed by atoms with van der Waals surface area (Å²) < 4.78 is 10.3. The molecule has 0 unspecified atom stereocenters. The molecule has 3 N–H and O–H groups in total. The smallest absolute Gasteiger partial charge is 0.251 e. The number of carbonyl (C=O) groups excluding carboxylic acids is 1. The van der Waals surface area contributed by atoms with E-state index in [1.165, 1.54) is 0 Å². The molecule has 0 aliphatic carbocycles. The van der Waals surface area contributed by atoms with Crippen molar-refractivity contribution in [2.75, 3.05) is 19.9 Å². The fourth-order valence-electron chi connectivity index (χ4n) is 1.36. The van der Waals surface area contributed by atoms with Gasteiger partial charge in [-0.15, -0.1) is 0 Å². The second-order valence-corrected chi connectivity index (χ2v) is 3.19. The van der Waals surface area contributed by atoms with Crippen molar-refractivity contribution in [3.8, 4) is 11.5 Å². The Balaban J connectivity index is 2.01. The number of hydrogen-bond donors (Lipinski definition) is 2. The predicted molar refractivity (Wildman–Crippen MR) is 55.0 cm³/mol. The van der Waals surface area contributed by atoms with Crippen molar-refractivity contribution >= 4 is 5.91 Å². The SMILES string of the molecule is NOCCNC(=O)c1ccc2c(c1)OCO2. The van der Waals surface area contributed by atoms with Crippen LogP contribution in [-0.4, -0.2) is 25.9 Å². The molecule has 1 heterocycles. The molecule has 86 valence electrons. The van der Waals surface area contributed by atoms with Gasteiger partial charge in [0.05, 0.1) is 6.61 Å². The van der Waals surface area contributed by atoms with E-state index in [4.69, 9.17) is 15.4 Å². The van der Waals surface area contributed by atoms with Gasteiger partial charge in [0.25, 0.3) is 5.91 Å². The third kappa shape index (κ3) is 2.23. The van der Waals surface area contributed by atoms with Crippen molar-refractivity contribution in [1.82, 2.24) is 5.32 Å². The third-order valence-corrected chi connectivity index (χ3v) is 2.14. The maximum atomic E-state index is 11.6. The van der Waals surface area contributed by atoms with Crippen molar-refractivity contribution in [3.63, 3.8) is 0 Å². The van der Waals surface area contributed by atoms with Crippen LogP contribution in [-0.2, 0) is 4.84 Å². The summed E-state index contributed by atoms with van der Waals surface area (Å²) >= 11 is 0. The highest BCUT2D eigenvalue weighted by Crippen LogP contribution is 2.32. The molecule has 0 saturated carbocycles. The number of hydrogen-bond acceptors (Lipinski definition) is 5. The van der Waals surface area contributed by atoms with Crippen molar-refractivity contribution in [2.24, 2.45) is 5.90 Å². The van der Waals surface area contributed by atoms with E-state index in [-0.39, 0.29) is 19.3 Å². The molecule has 0 saturated heterocycles. The number of ether oxygens (including phenoxy) is 2. The van der Waals surface area contributed by atoms with Crippen LogP contribution in [0.2, 0.25) is 0 Å². The monoisotopic (exact) mass is 224 g/mol. The Bertz CT molecular complexity index is 394. The van der Waals surface area contributed by atoms with Gasteiger partial charge >= 0.3 is 0 Å². The molecule has 0 fully saturated rings. The second kappa shape index (κ2) is 4.82. The van der Waals surface area contributed by atoms with Crippen LogP contribution >= 0.6 is 0 Å². The Hall–Kier alpha value is -1.79. The van der Waals surface area contributed by atoms with Gasteiger partial charge in [-0.2, -0.15) is 0 Å². The van der Waals surface area contributed by atoms with Gasteiger partial charge in [-0.1, -0.05) is 0 Å². The first-order valence-electron chi connectivity index (χ1n) is 4.81. The number of benzene rings is 1. The Morgan fingerprint density at radius 3 is 3.06 bits per heavy atom. The molecule has 1 aromatic carbocycles. The Labute approximate surface area is 92.2 Å². The summed E-state index contributed by atoms with van der Waals surface area (Å²) in [7, 11) is 0. The van der Waals surface area contributed by atoms with E-state index in [1.54, 1.807) is 18.2 Å². The zero-order valence-corrected chi connectivity index (χ0v) is 8.56. The Kier molecular flexibility index (Phi) is 3.23. The van der Waals surface area contributed by atoms with E-state index in [1.807, 2.05) is 0 Å². The summed E-state index contributed by atoms with van der Waals surface area (Å²) in [6.07, 6.45) is 0. The van der Waals surface area contributed by atoms with Gasteiger partial charge in [0.1, 0.15) is 0 Å². The molecular weight excluding hydrogens is 212 g/mol. The van der Waals surface area contributed by atoms with Gasteiger partial charge in [-0.3, -0.25) is 4.79 Å². The van der Waals surface area contributed by atoms with Crippen LogP contribution < -0.4 is 20.7 Å². The molecule has 2 rings (SSSR count). The highest BCUT2D eigenvalue weighted by atomic mass is 16.7. The lowest BCUT2D eigenvalue weighted by atomic mass is 10.2. The standard InChI is InChI=1S/C10H12N2O4/c11-16-4-3-12-10(13)7-1-2-8-9(5-7)15-6-14-8/h1-2,5H,3-4,6,11H2,(H,12,13). The maximum Gasteiger partial charge on any atom is 0.251 e. The fraction of sp³-hybridized carbons (Fsp3) is 0.300. The normalized spacial score (nSPS) is 12.6. The molecule has 0 radical (unpaired) electrons. The Morgan fingerprint density at radius 1 is 1.44 bits per heavy atom. The lowest BCUT2D eigenvalue weighted by molar-refractivity contribution is 0.0916. The third-order valence-electron chi connectivity index (χ3n) is 2.14. The highest BCUT2D eigenvalue weighted by Gasteiger charge is 2.15. The Morgan fingerprint density at radius 2 is 2.25 bits per heavy atom. The molecule has 0 spiro atoms. The van der Waals surface area contributed by atoms with Crippen molar-refractivity contribution < 1.29 is 19.1 Å². The van der Waals surface area contributed by atoms with Crippen LogP contribution in [0.1, 0.15) is 10.4 Å². The van der Waals surface area contributed by atoms with E-state index >= 15 is 0 Å². The van der Waals surface area contributed by atoms with Crippen molar-refractivity contribution in [2.45, 2.75) is 0 Å². The summed E-state index contributed by atoms with van der Waals surface area (Å²) in [4.78, 5) is 16.0. The summed E-state index contributed by atoms with van der Waals surface area (Å²) in [6, 6.07) is 5.02. The van der Waals surface area contributed by atoms with Gasteiger partial charge in [0, 0.05) is 12.1 Å². The van der Waals surface area contributed by atoms with Crippen LogP contribution in [0, 0.1) is 0 Å². The van der Waals surface area contributed by atoms with Crippen LogP contribution in [0.4, 0.5) is 0 Å². The molecule has 1 aliphatic heterocycles. The molecule has 0 atom stereocenters. The first-order valence-corrected chi connectivity index (χ1v) is 4.81. The minimum Gasteiger partial charge on any atom is -0.454 e. The van der Waals surface area contributed by atoms with Crippen molar-refractivity contribution in [3.05, 3.63) is 23.8 Å². The molecular formula is C10H12N2O4. The average molecular weight is 224 g/mol. The van der Waals surface area contributed by atoms with Gasteiger partial charge in [0.15, 0.2) is 11.5 Å². The summed E-state index contributed by atoms with van der Waals surface area (Å²) in [5.41, 5.74) is 0.515. The van der Waals surface area contributed by atoms with Crippen LogP contribution in [0.3, 0.4) is 0 Å². The molecule has 1 aromatic rings. The first kappa shape index (κ1) is 10.7. The summed E-state index contributed by atoms with van der Waals surface area (Å²) in [5.74, 6) is 5.88. The van der Waals surface area contributed by atoms with E-state index in [0.717, 1.165) is 0 Å². The molecule has 6 nitrogen and oxygen atoms in total. The van der Waals surface area contributed by atoms with Gasteiger partial charge in [-0.25, -0.2) is 5.90 Å². The zero-order valence-electron chi connectivity index (χ0n) is 8.56.